The third-order valence-electron chi connectivity index (χ3n) is 4.10. The highest BCUT2D eigenvalue weighted by molar-refractivity contribution is 5.79. The van der Waals surface area contributed by atoms with Crippen LogP contribution in [0.3, 0.4) is 0 Å². The van der Waals surface area contributed by atoms with Gasteiger partial charge >= 0.3 is 0 Å². The van der Waals surface area contributed by atoms with Crippen LogP contribution in [0.1, 0.15) is 31.7 Å². The highest BCUT2D eigenvalue weighted by atomic mass is 16.2. The molecule has 0 bridgehead atoms. The summed E-state index contributed by atoms with van der Waals surface area (Å²) in [6.45, 7) is 3.40. The Kier molecular flexibility index (Phi) is 4.97. The van der Waals surface area contributed by atoms with Gasteiger partial charge in [0.25, 0.3) is 0 Å². The largest absolute Gasteiger partial charge is 0.339 e. The van der Waals surface area contributed by atoms with Gasteiger partial charge in [0, 0.05) is 19.1 Å². The van der Waals surface area contributed by atoms with Crippen molar-refractivity contribution in [3.05, 3.63) is 35.9 Å². The summed E-state index contributed by atoms with van der Waals surface area (Å²) in [5.74, 6) is 0.250. The molecule has 3 nitrogen and oxygen atoms in total. The van der Waals surface area contributed by atoms with E-state index in [9.17, 15) is 4.79 Å². The summed E-state index contributed by atoms with van der Waals surface area (Å²) in [4.78, 5) is 14.5. The Morgan fingerprint density at radius 1 is 1.42 bits per heavy atom. The maximum Gasteiger partial charge on any atom is 0.227 e. The molecule has 2 N–H and O–H groups in total. The Bertz CT molecular complexity index is 400. The zero-order valence-electron chi connectivity index (χ0n) is 11.7. The van der Waals surface area contributed by atoms with E-state index < -0.39 is 0 Å². The first-order valence-corrected chi connectivity index (χ1v) is 7.30. The van der Waals surface area contributed by atoms with Crippen LogP contribution in [-0.4, -0.2) is 29.9 Å². The number of carbonyl (C=O) groups excluding carboxylic acids is 1. The number of carbonyl (C=O) groups is 1. The first-order chi connectivity index (χ1) is 9.26. The second-order valence-corrected chi connectivity index (χ2v) is 5.36. The van der Waals surface area contributed by atoms with E-state index in [1.807, 2.05) is 13.0 Å². The maximum absolute atomic E-state index is 12.5. The molecule has 104 valence electrons. The lowest BCUT2D eigenvalue weighted by Gasteiger charge is -2.28. The van der Waals surface area contributed by atoms with Crippen LogP contribution in [0, 0.1) is 5.92 Å². The van der Waals surface area contributed by atoms with Gasteiger partial charge in [0.1, 0.15) is 0 Å². The lowest BCUT2D eigenvalue weighted by Crippen LogP contribution is -2.42. The Balaban J connectivity index is 2.02. The summed E-state index contributed by atoms with van der Waals surface area (Å²) in [5.41, 5.74) is 7.02. The molecule has 0 saturated carbocycles. The molecule has 1 aromatic rings. The third-order valence-corrected chi connectivity index (χ3v) is 4.10. The van der Waals surface area contributed by atoms with Gasteiger partial charge in [-0.15, -0.1) is 0 Å². The van der Waals surface area contributed by atoms with E-state index in [4.69, 9.17) is 5.73 Å². The quantitative estimate of drug-likeness (QED) is 0.882. The fraction of sp³-hybridized carbons (Fsp3) is 0.562. The van der Waals surface area contributed by atoms with Crippen LogP contribution in [0.15, 0.2) is 30.3 Å². The first-order valence-electron chi connectivity index (χ1n) is 7.30. The Labute approximate surface area is 115 Å². The lowest BCUT2D eigenvalue weighted by molar-refractivity contribution is -0.136. The summed E-state index contributed by atoms with van der Waals surface area (Å²) in [6.07, 6.45) is 4.03. The molecule has 1 aliphatic rings. The van der Waals surface area contributed by atoms with Crippen LogP contribution < -0.4 is 5.73 Å². The molecule has 0 radical (unpaired) electrons. The zero-order valence-corrected chi connectivity index (χ0v) is 11.7. The Morgan fingerprint density at radius 3 is 2.79 bits per heavy atom. The van der Waals surface area contributed by atoms with E-state index >= 15 is 0 Å². The van der Waals surface area contributed by atoms with Gasteiger partial charge in [0.15, 0.2) is 0 Å². The van der Waals surface area contributed by atoms with Crippen molar-refractivity contribution >= 4 is 5.91 Å². The number of nitrogens with two attached hydrogens (primary N) is 1. The van der Waals surface area contributed by atoms with Crippen LogP contribution in [0.4, 0.5) is 0 Å². The number of likely N-dealkylation sites (tertiary alicyclic amines) is 1. The first kappa shape index (κ1) is 14.1. The monoisotopic (exact) mass is 260 g/mol. The molecule has 19 heavy (non-hydrogen) atoms. The number of amides is 1. The minimum absolute atomic E-state index is 0.00336. The molecule has 1 amide bonds. The summed E-state index contributed by atoms with van der Waals surface area (Å²) in [5, 5.41) is 0. The average molecular weight is 260 g/mol. The van der Waals surface area contributed by atoms with Crippen molar-refractivity contribution in [2.75, 3.05) is 13.1 Å². The summed E-state index contributed by atoms with van der Waals surface area (Å²) >= 11 is 0. The van der Waals surface area contributed by atoms with Gasteiger partial charge in [0.05, 0.1) is 5.92 Å². The molecule has 1 aliphatic heterocycles. The molecule has 0 aromatic heterocycles. The van der Waals surface area contributed by atoms with Crippen LogP contribution >= 0.6 is 0 Å². The molecule has 2 atom stereocenters. The van der Waals surface area contributed by atoms with Crippen LogP contribution in [0.2, 0.25) is 0 Å². The van der Waals surface area contributed by atoms with E-state index in [0.29, 0.717) is 12.6 Å². The minimum atomic E-state index is -0.00336. The van der Waals surface area contributed by atoms with E-state index in [0.717, 1.165) is 32.2 Å². The minimum Gasteiger partial charge on any atom is -0.339 e. The number of hydrogen-bond acceptors (Lipinski definition) is 2. The molecule has 2 unspecified atom stereocenters. The van der Waals surface area contributed by atoms with Crippen LogP contribution in [0.5, 0.6) is 0 Å². The molecule has 0 spiro atoms. The molecule has 1 heterocycles. The van der Waals surface area contributed by atoms with Crippen molar-refractivity contribution in [1.29, 1.82) is 0 Å². The molecule has 1 fully saturated rings. The van der Waals surface area contributed by atoms with E-state index in [1.54, 1.807) is 0 Å². The zero-order chi connectivity index (χ0) is 13.7. The molecule has 1 saturated heterocycles. The fourth-order valence-electron chi connectivity index (χ4n) is 2.90. The maximum atomic E-state index is 12.5. The molecular weight excluding hydrogens is 236 g/mol. The van der Waals surface area contributed by atoms with Crippen LogP contribution in [-0.2, 0) is 11.2 Å². The van der Waals surface area contributed by atoms with Gasteiger partial charge in [-0.05, 0) is 31.2 Å². The predicted molar refractivity (Wildman–Crippen MR) is 77.7 cm³/mol. The van der Waals surface area contributed by atoms with E-state index in [2.05, 4.69) is 29.2 Å². The third kappa shape index (κ3) is 3.35. The smallest absolute Gasteiger partial charge is 0.227 e. The van der Waals surface area contributed by atoms with Crippen molar-refractivity contribution in [2.24, 2.45) is 11.7 Å². The van der Waals surface area contributed by atoms with Crippen molar-refractivity contribution in [3.8, 4) is 0 Å². The van der Waals surface area contributed by atoms with Crippen molar-refractivity contribution in [1.82, 2.24) is 4.90 Å². The van der Waals surface area contributed by atoms with Crippen LogP contribution in [0.25, 0.3) is 0 Å². The Hall–Kier alpha value is -1.35. The van der Waals surface area contributed by atoms with Gasteiger partial charge < -0.3 is 10.6 Å². The topological polar surface area (TPSA) is 46.3 Å². The molecule has 0 aliphatic carbocycles. The van der Waals surface area contributed by atoms with Gasteiger partial charge in [0.2, 0.25) is 5.91 Å². The number of benzene rings is 1. The van der Waals surface area contributed by atoms with Crippen molar-refractivity contribution < 1.29 is 4.79 Å². The van der Waals surface area contributed by atoms with Gasteiger partial charge in [-0.1, -0.05) is 37.3 Å². The number of rotatable bonds is 5. The average Bonchev–Trinajstić information content (AvgIpc) is 2.89. The second kappa shape index (κ2) is 6.71. The highest BCUT2D eigenvalue weighted by Gasteiger charge is 2.31. The van der Waals surface area contributed by atoms with Gasteiger partial charge in [-0.2, -0.15) is 0 Å². The van der Waals surface area contributed by atoms with Gasteiger partial charge in [-0.3, -0.25) is 4.79 Å². The molecule has 2 rings (SSSR count). The number of hydrogen-bond donors (Lipinski definition) is 1. The number of nitrogens with zero attached hydrogens (tertiary/aromatic N) is 1. The normalized spacial score (nSPS) is 20.5. The van der Waals surface area contributed by atoms with Crippen molar-refractivity contribution in [3.63, 3.8) is 0 Å². The standard InChI is InChI=1S/C16H24N2O/c1-2-14(12-17)16(19)18-10-6-9-15(18)11-13-7-4-3-5-8-13/h3-5,7-8,14-15H,2,6,9-12,17H2,1H3. The van der Waals surface area contributed by atoms with Crippen molar-refractivity contribution in [2.45, 2.75) is 38.6 Å². The van der Waals surface area contributed by atoms with E-state index in [-0.39, 0.29) is 11.8 Å². The summed E-state index contributed by atoms with van der Waals surface area (Å²) in [7, 11) is 0. The fourth-order valence-corrected chi connectivity index (χ4v) is 2.90. The highest BCUT2D eigenvalue weighted by Crippen LogP contribution is 2.23. The van der Waals surface area contributed by atoms with E-state index in [1.165, 1.54) is 5.56 Å². The molecular formula is C16H24N2O. The van der Waals surface area contributed by atoms with Gasteiger partial charge in [-0.25, -0.2) is 0 Å². The lowest BCUT2D eigenvalue weighted by atomic mass is 10.0. The molecule has 1 aromatic carbocycles. The second-order valence-electron chi connectivity index (χ2n) is 5.36. The predicted octanol–water partition coefficient (Wildman–Crippen LogP) is 2.20. The summed E-state index contributed by atoms with van der Waals surface area (Å²) < 4.78 is 0. The SMILES string of the molecule is CCC(CN)C(=O)N1CCCC1Cc1ccccc1. The molecule has 3 heteroatoms. The summed E-state index contributed by atoms with van der Waals surface area (Å²) in [6, 6.07) is 10.8. The Morgan fingerprint density at radius 2 is 2.16 bits per heavy atom.